The smallest absolute Gasteiger partial charge is 0.0540 e. The van der Waals surface area contributed by atoms with Gasteiger partial charge in [0.25, 0.3) is 0 Å². The first-order valence-electron chi connectivity index (χ1n) is 28.2. The highest BCUT2D eigenvalue weighted by Crippen LogP contribution is 2.44. The zero-order valence-electron chi connectivity index (χ0n) is 46.1. The molecule has 83 heavy (non-hydrogen) atoms. The van der Waals surface area contributed by atoms with Gasteiger partial charge in [-0.2, -0.15) is 0 Å². The predicted octanol–water partition coefficient (Wildman–Crippen LogP) is 22.4. The SMILES string of the molecule is C=Cc1ccc(N(Cc2ccc(-c3ccc(N(c4ccccc4)c4cccc(N(c5ccccc5)c5ccc(-c6ccc(N(c7ccccc7)c7ccc(C=C)c8ccccc78)cc6)cc5)c4)cc3)cc2)c2ccccc2)c2ccccc12. The van der Waals surface area contributed by atoms with E-state index in [0.717, 1.165) is 90.3 Å². The van der Waals surface area contributed by atoms with Crippen LogP contribution in [0.3, 0.4) is 0 Å². The molecule has 0 heterocycles. The van der Waals surface area contributed by atoms with Gasteiger partial charge in [0.15, 0.2) is 0 Å². The van der Waals surface area contributed by atoms with Gasteiger partial charge in [-0.1, -0.05) is 226 Å². The average Bonchev–Trinajstić information content (AvgIpc) is 3.75. The molecule has 0 aliphatic rings. The highest BCUT2D eigenvalue weighted by Gasteiger charge is 2.21. The summed E-state index contributed by atoms with van der Waals surface area (Å²) in [6.45, 7) is 8.91. The Morgan fingerprint density at radius 3 is 0.976 bits per heavy atom. The van der Waals surface area contributed by atoms with Gasteiger partial charge in [-0.25, -0.2) is 0 Å². The summed E-state index contributed by atoms with van der Waals surface area (Å²) >= 11 is 0. The van der Waals surface area contributed by atoms with Crippen molar-refractivity contribution >= 4 is 96.3 Å². The number of hydrogen-bond acceptors (Lipinski definition) is 4. The molecule has 0 unspecified atom stereocenters. The Kier molecular flexibility index (Phi) is 14.5. The van der Waals surface area contributed by atoms with E-state index in [2.05, 4.69) is 348 Å². The van der Waals surface area contributed by atoms with Gasteiger partial charge in [0.2, 0.25) is 0 Å². The predicted molar refractivity (Wildman–Crippen MR) is 355 cm³/mol. The number of nitrogens with zero attached hydrogens (tertiary/aromatic N) is 4. The first-order valence-corrected chi connectivity index (χ1v) is 28.2. The van der Waals surface area contributed by atoms with Crippen LogP contribution in [-0.4, -0.2) is 0 Å². The number of anilines is 11. The monoisotopic (exact) mass is 1060 g/mol. The Bertz CT molecular complexity index is 4350. The number of fused-ring (bicyclic) bond motifs is 2. The van der Waals surface area contributed by atoms with Crippen LogP contribution in [0.25, 0.3) is 56.0 Å². The van der Waals surface area contributed by atoms with Gasteiger partial charge in [-0.3, -0.25) is 0 Å². The summed E-state index contributed by atoms with van der Waals surface area (Å²) in [7, 11) is 0. The van der Waals surface area contributed by atoms with E-state index in [1.54, 1.807) is 0 Å². The van der Waals surface area contributed by atoms with Gasteiger partial charge >= 0.3 is 0 Å². The summed E-state index contributed by atoms with van der Waals surface area (Å²) in [5.74, 6) is 0. The van der Waals surface area contributed by atoms with E-state index in [4.69, 9.17) is 0 Å². The van der Waals surface area contributed by atoms with Gasteiger partial charge < -0.3 is 19.6 Å². The van der Waals surface area contributed by atoms with Gasteiger partial charge in [0.1, 0.15) is 0 Å². The lowest BCUT2D eigenvalue weighted by atomic mass is 10.0. The van der Waals surface area contributed by atoms with Gasteiger partial charge in [0.05, 0.1) is 5.69 Å². The number of para-hydroxylation sites is 4. The van der Waals surface area contributed by atoms with E-state index in [9.17, 15) is 0 Å². The van der Waals surface area contributed by atoms with Crippen molar-refractivity contribution in [1.29, 1.82) is 0 Å². The molecule has 396 valence electrons. The molecule has 0 fully saturated rings. The highest BCUT2D eigenvalue weighted by atomic mass is 15.2. The molecular formula is C79H60N4. The highest BCUT2D eigenvalue weighted by molar-refractivity contribution is 6.03. The van der Waals surface area contributed by atoms with Gasteiger partial charge in [-0.05, 0) is 165 Å². The van der Waals surface area contributed by atoms with Crippen LogP contribution in [0.5, 0.6) is 0 Å². The summed E-state index contributed by atoms with van der Waals surface area (Å²) in [6, 6.07) is 113. The topological polar surface area (TPSA) is 13.0 Å². The summed E-state index contributed by atoms with van der Waals surface area (Å²) in [5, 5.41) is 4.75. The van der Waals surface area contributed by atoms with Crippen LogP contribution in [0.1, 0.15) is 16.7 Å². The molecule has 0 aliphatic carbocycles. The second kappa shape index (κ2) is 23.4. The Labute approximate surface area is 487 Å². The van der Waals surface area contributed by atoms with E-state index in [0.29, 0.717) is 6.54 Å². The third-order valence-corrected chi connectivity index (χ3v) is 15.6. The minimum absolute atomic E-state index is 0.717. The summed E-state index contributed by atoms with van der Waals surface area (Å²) in [4.78, 5) is 9.43. The third kappa shape index (κ3) is 10.6. The molecule has 13 aromatic carbocycles. The van der Waals surface area contributed by atoms with Crippen molar-refractivity contribution in [2.24, 2.45) is 0 Å². The van der Waals surface area contributed by atoms with Crippen molar-refractivity contribution in [3.63, 3.8) is 0 Å². The van der Waals surface area contributed by atoms with E-state index >= 15 is 0 Å². The number of hydrogen-bond donors (Lipinski definition) is 0. The zero-order valence-corrected chi connectivity index (χ0v) is 46.1. The van der Waals surface area contributed by atoms with E-state index in [-0.39, 0.29) is 0 Å². The quantitative estimate of drug-likeness (QED) is 0.0901. The lowest BCUT2D eigenvalue weighted by molar-refractivity contribution is 0.981. The molecule has 0 atom stereocenters. The number of rotatable bonds is 17. The molecule has 0 amide bonds. The van der Waals surface area contributed by atoms with Crippen LogP contribution < -0.4 is 19.6 Å². The Morgan fingerprint density at radius 2 is 0.554 bits per heavy atom. The summed E-state index contributed by atoms with van der Waals surface area (Å²) in [5.41, 5.74) is 20.0. The van der Waals surface area contributed by atoms with Gasteiger partial charge in [-0.15, -0.1) is 0 Å². The van der Waals surface area contributed by atoms with E-state index < -0.39 is 0 Å². The molecule has 0 spiro atoms. The number of benzene rings is 13. The second-order valence-corrected chi connectivity index (χ2v) is 20.6. The molecule has 0 N–H and O–H groups in total. The van der Waals surface area contributed by atoms with Crippen molar-refractivity contribution in [2.75, 3.05) is 19.6 Å². The molecular weight excluding hydrogens is 1000 g/mol. The fourth-order valence-electron chi connectivity index (χ4n) is 11.5. The molecule has 13 rings (SSSR count). The van der Waals surface area contributed by atoms with E-state index in [1.807, 2.05) is 12.2 Å². The molecule has 0 aromatic heterocycles. The van der Waals surface area contributed by atoms with Crippen molar-refractivity contribution in [3.8, 4) is 22.3 Å². The average molecular weight is 1070 g/mol. The van der Waals surface area contributed by atoms with Crippen molar-refractivity contribution in [2.45, 2.75) is 6.54 Å². The van der Waals surface area contributed by atoms with E-state index in [1.165, 1.54) is 32.8 Å². The fraction of sp³-hybridized carbons (Fsp3) is 0.0127. The standard InChI is InChI=1S/C79H60N4/c1-3-59-46-54-78(76-34-19-17-32-74(59)76)80(65-22-9-5-10-23-65)57-58-36-38-61(39-37-58)62-40-48-69(49-41-62)81(66-24-11-6-12-25-66)72-30-21-31-73(56-72)82(67-26-13-7-14-27-67)70-50-42-63(43-51-70)64-44-52-71(53-45-64)83(68-28-15-8-16-29-68)79-55-47-60(4-2)75-33-18-20-35-77(75)79/h3-56H,1-2,57H2. The maximum absolute atomic E-state index is 4.10. The Hall–Kier alpha value is -10.9. The van der Waals surface area contributed by atoms with Crippen LogP contribution >= 0.6 is 0 Å². The van der Waals surface area contributed by atoms with Crippen LogP contribution in [0.15, 0.2) is 329 Å². The van der Waals surface area contributed by atoms with Crippen LogP contribution in [0.2, 0.25) is 0 Å². The van der Waals surface area contributed by atoms with Crippen molar-refractivity contribution < 1.29 is 0 Å². The maximum Gasteiger partial charge on any atom is 0.0540 e. The first-order chi connectivity index (χ1) is 41.1. The Morgan fingerprint density at radius 1 is 0.241 bits per heavy atom. The Balaban J connectivity index is 0.779. The van der Waals surface area contributed by atoms with Crippen molar-refractivity contribution in [1.82, 2.24) is 0 Å². The molecule has 13 aromatic rings. The largest absolute Gasteiger partial charge is 0.336 e. The molecule has 0 bridgehead atoms. The van der Waals surface area contributed by atoms with Crippen LogP contribution in [0.4, 0.5) is 62.6 Å². The zero-order chi connectivity index (χ0) is 55.9. The lowest BCUT2D eigenvalue weighted by Gasteiger charge is -2.29. The molecule has 0 radical (unpaired) electrons. The lowest BCUT2D eigenvalue weighted by Crippen LogP contribution is -2.16. The van der Waals surface area contributed by atoms with Crippen LogP contribution in [-0.2, 0) is 6.54 Å². The normalized spacial score (nSPS) is 11.0. The fourth-order valence-corrected chi connectivity index (χ4v) is 11.5. The van der Waals surface area contributed by atoms with Gasteiger partial charge in [0, 0.05) is 74.2 Å². The van der Waals surface area contributed by atoms with Crippen molar-refractivity contribution in [3.05, 3.63) is 345 Å². The maximum atomic E-state index is 4.10. The summed E-state index contributed by atoms with van der Waals surface area (Å²) in [6.07, 6.45) is 3.87. The molecule has 4 nitrogen and oxygen atoms in total. The molecule has 4 heteroatoms. The van der Waals surface area contributed by atoms with Crippen LogP contribution in [0, 0.1) is 0 Å². The molecule has 0 saturated heterocycles. The summed E-state index contributed by atoms with van der Waals surface area (Å²) < 4.78 is 0. The second-order valence-electron chi connectivity index (χ2n) is 20.6. The minimum atomic E-state index is 0.717. The minimum Gasteiger partial charge on any atom is -0.336 e. The molecule has 0 aliphatic heterocycles. The molecule has 0 saturated carbocycles. The third-order valence-electron chi connectivity index (χ3n) is 15.6. The first kappa shape index (κ1) is 51.5.